The van der Waals surface area contributed by atoms with Gasteiger partial charge in [0.2, 0.25) is 0 Å². The molecule has 0 aromatic heterocycles. The molecule has 0 radical (unpaired) electrons. The van der Waals surface area contributed by atoms with Gasteiger partial charge in [0.1, 0.15) is 0 Å². The van der Waals surface area contributed by atoms with E-state index in [1.54, 1.807) is 12.1 Å². The Balaban J connectivity index is 0.00000900. The monoisotopic (exact) mass is 442 g/mol. The minimum atomic E-state index is -1.11. The van der Waals surface area contributed by atoms with Crippen LogP contribution in [-0.2, 0) is 4.74 Å². The van der Waals surface area contributed by atoms with Crippen LogP contribution < -0.4 is 0 Å². The fourth-order valence-corrected chi connectivity index (χ4v) is 3.74. The maximum absolute atomic E-state index is 12.0. The minimum absolute atomic E-state index is 0. The molecule has 1 rings (SSSR count). The van der Waals surface area contributed by atoms with Gasteiger partial charge in [0.15, 0.2) is 0 Å². The Kier molecular flexibility index (Phi) is 20.5. The first-order valence-electron chi connectivity index (χ1n) is 12.2. The molecule has 0 saturated carbocycles. The number of aromatic carboxylic acids is 1. The molecule has 0 aliphatic carbocycles. The summed E-state index contributed by atoms with van der Waals surface area (Å²) in [5.74, 6) is -1.65. The van der Waals surface area contributed by atoms with Crippen molar-refractivity contribution in [1.29, 1.82) is 0 Å². The Morgan fingerprint density at radius 1 is 0.677 bits per heavy atom. The molecule has 0 saturated heterocycles. The van der Waals surface area contributed by atoms with E-state index >= 15 is 0 Å². The topological polar surface area (TPSA) is 63.6 Å². The second kappa shape index (κ2) is 21.0. The molecular formula is C26H43NaO4. The van der Waals surface area contributed by atoms with Gasteiger partial charge in [-0.1, -0.05) is 115 Å². The van der Waals surface area contributed by atoms with Gasteiger partial charge in [-0.15, -0.1) is 0 Å². The van der Waals surface area contributed by atoms with Gasteiger partial charge in [0.05, 0.1) is 17.7 Å². The van der Waals surface area contributed by atoms with Crippen LogP contribution in [0.4, 0.5) is 0 Å². The van der Waals surface area contributed by atoms with Gasteiger partial charge >= 0.3 is 41.5 Å². The number of unbranched alkanes of at least 4 members (excludes halogenated alkanes) is 15. The Hall–Kier alpha value is -0.840. The zero-order chi connectivity index (χ0) is 21.9. The normalized spacial score (nSPS) is 10.5. The third-order valence-corrected chi connectivity index (χ3v) is 5.61. The van der Waals surface area contributed by atoms with Crippen molar-refractivity contribution in [3.05, 3.63) is 35.4 Å². The van der Waals surface area contributed by atoms with Crippen molar-refractivity contribution in [3.8, 4) is 0 Å². The van der Waals surface area contributed by atoms with Crippen molar-refractivity contribution < 1.29 is 19.4 Å². The van der Waals surface area contributed by atoms with Crippen molar-refractivity contribution in [2.75, 3.05) is 6.61 Å². The van der Waals surface area contributed by atoms with Gasteiger partial charge in [0, 0.05) is 0 Å². The summed E-state index contributed by atoms with van der Waals surface area (Å²) in [5.41, 5.74) is 0.121. The average Bonchev–Trinajstić information content (AvgIpc) is 2.75. The van der Waals surface area contributed by atoms with Crippen molar-refractivity contribution >= 4 is 41.5 Å². The zero-order valence-electron chi connectivity index (χ0n) is 19.0. The molecule has 0 aliphatic heterocycles. The van der Waals surface area contributed by atoms with Gasteiger partial charge < -0.3 is 9.84 Å². The number of rotatable bonds is 19. The molecule has 0 heterocycles. The van der Waals surface area contributed by atoms with Crippen molar-refractivity contribution in [3.63, 3.8) is 0 Å². The predicted octanol–water partition coefficient (Wildman–Crippen LogP) is 7.15. The number of ether oxygens (including phenoxy) is 1. The van der Waals surface area contributed by atoms with E-state index in [9.17, 15) is 9.59 Å². The van der Waals surface area contributed by atoms with E-state index in [-0.39, 0.29) is 40.7 Å². The number of carboxylic acid groups (broad SMARTS) is 1. The first kappa shape index (κ1) is 30.2. The van der Waals surface area contributed by atoms with Crippen LogP contribution in [0.3, 0.4) is 0 Å². The molecule has 172 valence electrons. The number of hydrogen-bond acceptors (Lipinski definition) is 3. The maximum atomic E-state index is 12.0. The van der Waals surface area contributed by atoms with Gasteiger partial charge in [-0.05, 0) is 18.6 Å². The number of esters is 1. The molecule has 0 unspecified atom stereocenters. The summed E-state index contributed by atoms with van der Waals surface area (Å²) in [7, 11) is 0. The number of hydrogen-bond donors (Lipinski definition) is 1. The molecular weight excluding hydrogens is 399 g/mol. The summed E-state index contributed by atoms with van der Waals surface area (Å²) < 4.78 is 5.24. The fraction of sp³-hybridized carbons (Fsp3) is 0.692. The van der Waals surface area contributed by atoms with Crippen LogP contribution >= 0.6 is 0 Å². The zero-order valence-corrected chi connectivity index (χ0v) is 19.0. The SMILES string of the molecule is CCCCCCCCCCCCCCCCCCOC(=O)c1ccccc1C(=O)O.[NaH]. The van der Waals surface area contributed by atoms with Crippen LogP contribution in [0.2, 0.25) is 0 Å². The molecule has 1 aromatic carbocycles. The molecule has 1 aromatic rings. The molecule has 5 heteroatoms. The first-order valence-corrected chi connectivity index (χ1v) is 12.2. The van der Waals surface area contributed by atoms with E-state index in [0.29, 0.717) is 6.61 Å². The van der Waals surface area contributed by atoms with Crippen LogP contribution in [-0.4, -0.2) is 53.2 Å². The van der Waals surface area contributed by atoms with Crippen LogP contribution in [0, 0.1) is 0 Å². The standard InChI is InChI=1S/C26H42O4.Na.H/c1-2-3-4-5-6-7-8-9-10-11-12-13-14-15-16-19-22-30-26(29)24-21-18-17-20-23(24)25(27)28;;/h17-18,20-21H,2-16,19,22H2,1H3,(H,27,28);;. The molecule has 4 nitrogen and oxygen atoms in total. The molecule has 0 atom stereocenters. The van der Waals surface area contributed by atoms with E-state index in [0.717, 1.165) is 12.8 Å². The van der Waals surface area contributed by atoms with Crippen molar-refractivity contribution in [2.24, 2.45) is 0 Å². The summed E-state index contributed by atoms with van der Waals surface area (Å²) in [6, 6.07) is 6.18. The van der Waals surface area contributed by atoms with E-state index in [1.165, 1.54) is 102 Å². The average molecular weight is 443 g/mol. The molecule has 0 amide bonds. The van der Waals surface area contributed by atoms with E-state index in [1.807, 2.05) is 0 Å². The third kappa shape index (κ3) is 15.6. The fourth-order valence-electron chi connectivity index (χ4n) is 3.74. The molecule has 1 N–H and O–H groups in total. The number of benzene rings is 1. The Labute approximate surface area is 211 Å². The molecule has 31 heavy (non-hydrogen) atoms. The van der Waals surface area contributed by atoms with Crippen LogP contribution in [0.5, 0.6) is 0 Å². The predicted molar refractivity (Wildman–Crippen MR) is 130 cm³/mol. The van der Waals surface area contributed by atoms with Crippen LogP contribution in [0.15, 0.2) is 24.3 Å². The van der Waals surface area contributed by atoms with Gasteiger partial charge in [0.25, 0.3) is 0 Å². The summed E-state index contributed by atoms with van der Waals surface area (Å²) >= 11 is 0. The van der Waals surface area contributed by atoms with Crippen LogP contribution in [0.25, 0.3) is 0 Å². The van der Waals surface area contributed by atoms with Crippen molar-refractivity contribution in [1.82, 2.24) is 0 Å². The second-order valence-corrected chi connectivity index (χ2v) is 8.29. The van der Waals surface area contributed by atoms with Crippen LogP contribution in [0.1, 0.15) is 130 Å². The first-order chi connectivity index (χ1) is 14.7. The van der Waals surface area contributed by atoms with E-state index in [4.69, 9.17) is 9.84 Å². The van der Waals surface area contributed by atoms with Gasteiger partial charge in [-0.2, -0.15) is 0 Å². The number of carbonyl (C=O) groups excluding carboxylic acids is 1. The summed E-state index contributed by atoms with van der Waals surface area (Å²) in [5, 5.41) is 9.13. The van der Waals surface area contributed by atoms with E-state index in [2.05, 4.69) is 6.92 Å². The molecule has 0 fully saturated rings. The molecule has 0 spiro atoms. The second-order valence-electron chi connectivity index (χ2n) is 8.29. The molecule has 0 bridgehead atoms. The molecule has 0 aliphatic rings. The van der Waals surface area contributed by atoms with E-state index < -0.39 is 11.9 Å². The van der Waals surface area contributed by atoms with Gasteiger partial charge in [-0.3, -0.25) is 0 Å². The Bertz CT molecular complexity index is 589. The summed E-state index contributed by atoms with van der Waals surface area (Å²) in [6.07, 6.45) is 20.8. The quantitative estimate of drug-likeness (QED) is 0.140. The Morgan fingerprint density at radius 2 is 1.06 bits per heavy atom. The summed E-state index contributed by atoms with van der Waals surface area (Å²) in [6.45, 7) is 2.62. The number of carbonyl (C=O) groups is 2. The Morgan fingerprint density at radius 3 is 1.48 bits per heavy atom. The number of carboxylic acids is 1. The summed E-state index contributed by atoms with van der Waals surface area (Å²) in [4.78, 5) is 23.2. The van der Waals surface area contributed by atoms with Gasteiger partial charge in [-0.25, -0.2) is 9.59 Å². The third-order valence-electron chi connectivity index (χ3n) is 5.61. The van der Waals surface area contributed by atoms with Crippen molar-refractivity contribution in [2.45, 2.75) is 110 Å².